The maximum absolute atomic E-state index is 14.1. The number of aromatic amines is 1. The van der Waals surface area contributed by atoms with E-state index in [1.165, 1.54) is 11.6 Å². The van der Waals surface area contributed by atoms with Crippen molar-refractivity contribution in [1.82, 2.24) is 4.98 Å². The molecule has 2 heteroatoms. The van der Waals surface area contributed by atoms with E-state index >= 15 is 0 Å². The van der Waals surface area contributed by atoms with Crippen molar-refractivity contribution in [3.05, 3.63) is 59.9 Å². The molecule has 0 saturated heterocycles. The average molecular weight is 267 g/mol. The van der Waals surface area contributed by atoms with Gasteiger partial charge in [0.15, 0.2) is 0 Å². The lowest BCUT2D eigenvalue weighted by Crippen LogP contribution is -2.11. The van der Waals surface area contributed by atoms with Gasteiger partial charge in [0.2, 0.25) is 0 Å². The molecule has 0 spiro atoms. The lowest BCUT2D eigenvalue weighted by Gasteiger charge is -2.20. The topological polar surface area (TPSA) is 15.8 Å². The van der Waals surface area contributed by atoms with E-state index in [0.29, 0.717) is 5.52 Å². The van der Waals surface area contributed by atoms with E-state index in [4.69, 9.17) is 0 Å². The standard InChI is InChI=1S/C18H18FN/c1-18(2,3)15-13-10-7-11-14(19)17(13)20-16(15)12-8-5-4-6-9-12/h4-11,20H,1-3H3. The van der Waals surface area contributed by atoms with Crippen molar-refractivity contribution in [1.29, 1.82) is 0 Å². The van der Waals surface area contributed by atoms with Crippen LogP contribution in [0.1, 0.15) is 26.3 Å². The largest absolute Gasteiger partial charge is 0.352 e. The molecular formula is C18H18FN. The summed E-state index contributed by atoms with van der Waals surface area (Å²) in [4.78, 5) is 3.28. The number of rotatable bonds is 1. The molecule has 0 bridgehead atoms. The number of hydrogen-bond donors (Lipinski definition) is 1. The number of fused-ring (bicyclic) bond motifs is 1. The maximum atomic E-state index is 14.1. The molecule has 0 aliphatic heterocycles. The van der Waals surface area contributed by atoms with Crippen molar-refractivity contribution in [2.45, 2.75) is 26.2 Å². The summed E-state index contributed by atoms with van der Waals surface area (Å²) in [6.45, 7) is 6.48. The quantitative estimate of drug-likeness (QED) is 0.618. The van der Waals surface area contributed by atoms with Crippen LogP contribution in [0.4, 0.5) is 4.39 Å². The van der Waals surface area contributed by atoms with Gasteiger partial charge in [-0.1, -0.05) is 63.2 Å². The Hall–Kier alpha value is -2.09. The van der Waals surface area contributed by atoms with Crippen molar-refractivity contribution in [3.63, 3.8) is 0 Å². The van der Waals surface area contributed by atoms with Gasteiger partial charge in [-0.25, -0.2) is 4.39 Å². The highest BCUT2D eigenvalue weighted by molar-refractivity contribution is 5.92. The smallest absolute Gasteiger partial charge is 0.147 e. The van der Waals surface area contributed by atoms with Crippen molar-refractivity contribution < 1.29 is 4.39 Å². The minimum Gasteiger partial charge on any atom is -0.352 e. The first-order chi connectivity index (χ1) is 9.48. The monoisotopic (exact) mass is 267 g/mol. The Balaban J connectivity index is 2.40. The number of aromatic nitrogens is 1. The fraction of sp³-hybridized carbons (Fsp3) is 0.222. The molecule has 3 aromatic rings. The normalized spacial score (nSPS) is 12.0. The number of nitrogens with one attached hydrogen (secondary N) is 1. The van der Waals surface area contributed by atoms with Crippen LogP contribution >= 0.6 is 0 Å². The molecule has 0 saturated carbocycles. The van der Waals surface area contributed by atoms with Gasteiger partial charge in [-0.3, -0.25) is 0 Å². The molecule has 1 N–H and O–H groups in total. The molecule has 2 aromatic carbocycles. The van der Waals surface area contributed by atoms with Crippen LogP contribution in [0.2, 0.25) is 0 Å². The Bertz CT molecular complexity index is 748. The van der Waals surface area contributed by atoms with Gasteiger partial charge in [-0.05, 0) is 22.6 Å². The van der Waals surface area contributed by atoms with Gasteiger partial charge >= 0.3 is 0 Å². The summed E-state index contributed by atoms with van der Waals surface area (Å²) in [5, 5.41) is 0.969. The van der Waals surface area contributed by atoms with Gasteiger partial charge in [0.05, 0.1) is 11.2 Å². The molecule has 0 unspecified atom stereocenters. The zero-order chi connectivity index (χ0) is 14.3. The summed E-state index contributed by atoms with van der Waals surface area (Å²) < 4.78 is 14.1. The number of hydrogen-bond acceptors (Lipinski definition) is 0. The summed E-state index contributed by atoms with van der Waals surface area (Å²) in [6, 6.07) is 15.4. The van der Waals surface area contributed by atoms with Gasteiger partial charge < -0.3 is 4.98 Å². The number of halogens is 1. The Labute approximate surface area is 118 Å². The highest BCUT2D eigenvalue weighted by Crippen LogP contribution is 2.39. The average Bonchev–Trinajstić information content (AvgIpc) is 2.80. The Morgan fingerprint density at radius 1 is 0.900 bits per heavy atom. The molecule has 0 radical (unpaired) electrons. The van der Waals surface area contributed by atoms with E-state index in [0.717, 1.165) is 16.6 Å². The fourth-order valence-corrected chi connectivity index (χ4v) is 2.78. The van der Waals surface area contributed by atoms with Crippen LogP contribution in [0.25, 0.3) is 22.2 Å². The van der Waals surface area contributed by atoms with Crippen molar-refractivity contribution in [2.24, 2.45) is 0 Å². The van der Waals surface area contributed by atoms with Gasteiger partial charge in [-0.15, -0.1) is 0 Å². The second kappa shape index (κ2) is 4.48. The highest BCUT2D eigenvalue weighted by Gasteiger charge is 2.24. The lowest BCUT2D eigenvalue weighted by molar-refractivity contribution is 0.597. The first-order valence-corrected chi connectivity index (χ1v) is 6.84. The predicted octanol–water partition coefficient (Wildman–Crippen LogP) is 5.27. The first-order valence-electron chi connectivity index (χ1n) is 6.84. The van der Waals surface area contributed by atoms with E-state index in [2.05, 4.69) is 37.9 Å². The Morgan fingerprint density at radius 3 is 2.25 bits per heavy atom. The third-order valence-electron chi connectivity index (χ3n) is 3.60. The van der Waals surface area contributed by atoms with Crippen LogP contribution in [0.15, 0.2) is 48.5 Å². The van der Waals surface area contributed by atoms with Gasteiger partial charge in [-0.2, -0.15) is 0 Å². The van der Waals surface area contributed by atoms with Gasteiger partial charge in [0.1, 0.15) is 5.82 Å². The fourth-order valence-electron chi connectivity index (χ4n) is 2.78. The molecule has 1 nitrogen and oxygen atoms in total. The lowest BCUT2D eigenvalue weighted by atomic mass is 9.83. The SMILES string of the molecule is CC(C)(C)c1c(-c2ccccc2)[nH]c2c(F)cccc12. The summed E-state index contributed by atoms with van der Waals surface area (Å²) >= 11 is 0. The minimum absolute atomic E-state index is 0.0583. The molecule has 0 fully saturated rings. The third-order valence-corrected chi connectivity index (χ3v) is 3.60. The van der Waals surface area contributed by atoms with Crippen LogP contribution < -0.4 is 0 Å². The van der Waals surface area contributed by atoms with Crippen LogP contribution in [-0.2, 0) is 5.41 Å². The molecule has 102 valence electrons. The van der Waals surface area contributed by atoms with E-state index in [1.54, 1.807) is 6.07 Å². The second-order valence-corrected chi connectivity index (χ2v) is 6.15. The first kappa shape index (κ1) is 12.9. The summed E-state index contributed by atoms with van der Waals surface area (Å²) in [7, 11) is 0. The van der Waals surface area contributed by atoms with E-state index in [-0.39, 0.29) is 11.2 Å². The predicted molar refractivity (Wildman–Crippen MR) is 82.4 cm³/mol. The van der Waals surface area contributed by atoms with Gasteiger partial charge in [0, 0.05) is 5.39 Å². The van der Waals surface area contributed by atoms with Crippen molar-refractivity contribution in [2.75, 3.05) is 0 Å². The molecule has 0 atom stereocenters. The number of H-pyrrole nitrogens is 1. The molecule has 0 amide bonds. The molecular weight excluding hydrogens is 249 g/mol. The van der Waals surface area contributed by atoms with Crippen LogP contribution in [0, 0.1) is 5.82 Å². The zero-order valence-electron chi connectivity index (χ0n) is 12.0. The molecule has 1 aromatic heterocycles. The second-order valence-electron chi connectivity index (χ2n) is 6.15. The van der Waals surface area contributed by atoms with Crippen molar-refractivity contribution in [3.8, 4) is 11.3 Å². The Morgan fingerprint density at radius 2 is 1.60 bits per heavy atom. The summed E-state index contributed by atoms with van der Waals surface area (Å²) in [6.07, 6.45) is 0. The van der Waals surface area contributed by atoms with E-state index < -0.39 is 0 Å². The molecule has 0 aliphatic rings. The summed E-state index contributed by atoms with van der Waals surface area (Å²) in [5.74, 6) is -0.199. The Kier molecular flexibility index (Phi) is 2.89. The molecule has 0 aliphatic carbocycles. The number of benzene rings is 2. The maximum Gasteiger partial charge on any atom is 0.147 e. The summed E-state index contributed by atoms with van der Waals surface area (Å²) in [5.41, 5.74) is 3.80. The molecule has 3 rings (SSSR count). The van der Waals surface area contributed by atoms with Crippen LogP contribution in [0.5, 0.6) is 0 Å². The molecule has 1 heterocycles. The van der Waals surface area contributed by atoms with E-state index in [1.807, 2.05) is 24.3 Å². The minimum atomic E-state index is -0.199. The van der Waals surface area contributed by atoms with Gasteiger partial charge in [0.25, 0.3) is 0 Å². The highest BCUT2D eigenvalue weighted by atomic mass is 19.1. The van der Waals surface area contributed by atoms with Crippen LogP contribution in [0.3, 0.4) is 0 Å². The third kappa shape index (κ3) is 2.01. The molecule has 20 heavy (non-hydrogen) atoms. The van der Waals surface area contributed by atoms with Crippen LogP contribution in [-0.4, -0.2) is 4.98 Å². The zero-order valence-corrected chi connectivity index (χ0v) is 12.0. The van der Waals surface area contributed by atoms with E-state index in [9.17, 15) is 4.39 Å². The van der Waals surface area contributed by atoms with Crippen molar-refractivity contribution >= 4 is 10.9 Å². The number of para-hydroxylation sites is 1.